The number of fused-ring (bicyclic) bond motifs is 1. The van der Waals surface area contributed by atoms with Crippen molar-refractivity contribution in [2.24, 2.45) is 5.92 Å². The van der Waals surface area contributed by atoms with Crippen LogP contribution in [-0.2, 0) is 11.2 Å². The molecule has 2 aromatic carbocycles. The SMILES string of the molecule is Cc1ccc2c(c1)CCCN2C(=O)C1CCN(C(=O)Nc2ccccc2)CC1. The van der Waals surface area contributed by atoms with Crippen LogP contribution in [0.1, 0.15) is 30.4 Å². The van der Waals surface area contributed by atoms with Crippen molar-refractivity contribution in [1.82, 2.24) is 4.90 Å². The van der Waals surface area contributed by atoms with Crippen LogP contribution in [0.2, 0.25) is 0 Å². The molecular formula is C23H27N3O2. The van der Waals surface area contributed by atoms with Gasteiger partial charge in [0, 0.05) is 36.9 Å². The summed E-state index contributed by atoms with van der Waals surface area (Å²) in [7, 11) is 0. The molecule has 1 saturated heterocycles. The Morgan fingerprint density at radius 2 is 1.75 bits per heavy atom. The largest absolute Gasteiger partial charge is 0.324 e. The molecule has 0 aromatic heterocycles. The van der Waals surface area contributed by atoms with Gasteiger partial charge in [-0.15, -0.1) is 0 Å². The Morgan fingerprint density at radius 3 is 2.50 bits per heavy atom. The van der Waals surface area contributed by atoms with Gasteiger partial charge >= 0.3 is 6.03 Å². The molecule has 5 heteroatoms. The molecule has 0 aliphatic carbocycles. The number of para-hydroxylation sites is 1. The van der Waals surface area contributed by atoms with Gasteiger partial charge in [0.2, 0.25) is 5.91 Å². The highest BCUT2D eigenvalue weighted by Gasteiger charge is 2.32. The van der Waals surface area contributed by atoms with E-state index in [1.807, 2.05) is 40.1 Å². The fraction of sp³-hybridized carbons (Fsp3) is 0.391. The first kappa shape index (κ1) is 18.5. The van der Waals surface area contributed by atoms with Gasteiger partial charge in [-0.2, -0.15) is 0 Å². The van der Waals surface area contributed by atoms with Crippen molar-refractivity contribution in [2.45, 2.75) is 32.6 Å². The molecule has 0 atom stereocenters. The van der Waals surface area contributed by atoms with Gasteiger partial charge in [0.05, 0.1) is 0 Å². The van der Waals surface area contributed by atoms with Gasteiger partial charge in [-0.25, -0.2) is 4.79 Å². The van der Waals surface area contributed by atoms with Crippen LogP contribution in [0.4, 0.5) is 16.2 Å². The minimum Gasteiger partial charge on any atom is -0.324 e. The van der Waals surface area contributed by atoms with Gasteiger partial charge in [-0.3, -0.25) is 4.79 Å². The molecule has 1 N–H and O–H groups in total. The Hall–Kier alpha value is -2.82. The highest BCUT2D eigenvalue weighted by Crippen LogP contribution is 2.31. The molecular weight excluding hydrogens is 350 g/mol. The Labute approximate surface area is 166 Å². The number of amides is 3. The summed E-state index contributed by atoms with van der Waals surface area (Å²) in [6.07, 6.45) is 3.50. The van der Waals surface area contributed by atoms with Crippen LogP contribution in [0.25, 0.3) is 0 Å². The van der Waals surface area contributed by atoms with E-state index < -0.39 is 0 Å². The van der Waals surface area contributed by atoms with E-state index in [9.17, 15) is 9.59 Å². The highest BCUT2D eigenvalue weighted by molar-refractivity contribution is 5.96. The lowest BCUT2D eigenvalue weighted by atomic mass is 9.93. The van der Waals surface area contributed by atoms with Gasteiger partial charge in [0.15, 0.2) is 0 Å². The molecule has 0 spiro atoms. The molecule has 146 valence electrons. The van der Waals surface area contributed by atoms with E-state index in [1.54, 1.807) is 0 Å². The van der Waals surface area contributed by atoms with Crippen molar-refractivity contribution in [3.63, 3.8) is 0 Å². The van der Waals surface area contributed by atoms with Crippen molar-refractivity contribution in [3.05, 3.63) is 59.7 Å². The molecule has 0 radical (unpaired) electrons. The van der Waals surface area contributed by atoms with E-state index in [0.717, 1.165) is 43.6 Å². The molecule has 2 aliphatic heterocycles. The second kappa shape index (κ2) is 8.05. The predicted octanol–water partition coefficient (Wildman–Crippen LogP) is 4.22. The van der Waals surface area contributed by atoms with Crippen molar-refractivity contribution in [3.8, 4) is 0 Å². The van der Waals surface area contributed by atoms with Crippen molar-refractivity contribution in [1.29, 1.82) is 0 Å². The van der Waals surface area contributed by atoms with Crippen LogP contribution in [0, 0.1) is 12.8 Å². The zero-order valence-corrected chi connectivity index (χ0v) is 16.4. The minimum atomic E-state index is -0.0871. The number of nitrogens with one attached hydrogen (secondary N) is 1. The molecule has 2 heterocycles. The van der Waals surface area contributed by atoms with E-state index in [4.69, 9.17) is 0 Å². The number of carbonyl (C=O) groups is 2. The molecule has 5 nitrogen and oxygen atoms in total. The Morgan fingerprint density at radius 1 is 1.00 bits per heavy atom. The zero-order chi connectivity index (χ0) is 19.5. The first-order valence-electron chi connectivity index (χ1n) is 10.1. The topological polar surface area (TPSA) is 52.7 Å². The summed E-state index contributed by atoms with van der Waals surface area (Å²) in [5.41, 5.74) is 4.39. The van der Waals surface area contributed by atoms with Gasteiger partial charge < -0.3 is 15.1 Å². The number of rotatable bonds is 2. The fourth-order valence-corrected chi connectivity index (χ4v) is 4.23. The quantitative estimate of drug-likeness (QED) is 0.852. The molecule has 0 bridgehead atoms. The number of anilines is 2. The Kier molecular flexibility index (Phi) is 5.33. The van der Waals surface area contributed by atoms with Gasteiger partial charge in [-0.05, 0) is 56.4 Å². The first-order chi connectivity index (χ1) is 13.6. The molecule has 0 unspecified atom stereocenters. The Balaban J connectivity index is 1.37. The molecule has 3 amide bonds. The van der Waals surface area contributed by atoms with Crippen LogP contribution in [0.3, 0.4) is 0 Å². The third kappa shape index (κ3) is 3.88. The summed E-state index contributed by atoms with van der Waals surface area (Å²) < 4.78 is 0. The second-order valence-corrected chi connectivity index (χ2v) is 7.78. The number of aryl methyl sites for hydroxylation is 2. The van der Waals surface area contributed by atoms with Crippen LogP contribution in [-0.4, -0.2) is 36.5 Å². The summed E-state index contributed by atoms with van der Waals surface area (Å²) in [6.45, 7) is 4.12. The van der Waals surface area contributed by atoms with Gasteiger partial charge in [-0.1, -0.05) is 35.9 Å². The average Bonchev–Trinajstić information content (AvgIpc) is 2.73. The number of hydrogen-bond donors (Lipinski definition) is 1. The predicted molar refractivity (Wildman–Crippen MR) is 112 cm³/mol. The van der Waals surface area contributed by atoms with Crippen LogP contribution >= 0.6 is 0 Å². The van der Waals surface area contributed by atoms with Crippen LogP contribution in [0.15, 0.2) is 48.5 Å². The van der Waals surface area contributed by atoms with Gasteiger partial charge in [0.1, 0.15) is 0 Å². The average molecular weight is 377 g/mol. The van der Waals surface area contributed by atoms with E-state index in [-0.39, 0.29) is 17.9 Å². The number of carbonyl (C=O) groups excluding carboxylic acids is 2. The fourth-order valence-electron chi connectivity index (χ4n) is 4.23. The molecule has 2 aromatic rings. The summed E-state index contributed by atoms with van der Waals surface area (Å²) in [5, 5.41) is 2.93. The smallest absolute Gasteiger partial charge is 0.321 e. The molecule has 0 saturated carbocycles. The number of piperidine rings is 1. The van der Waals surface area contributed by atoms with Gasteiger partial charge in [0.25, 0.3) is 0 Å². The minimum absolute atomic E-state index is 0.00646. The lowest BCUT2D eigenvalue weighted by Gasteiger charge is -2.36. The normalized spacial score (nSPS) is 17.2. The van der Waals surface area contributed by atoms with E-state index >= 15 is 0 Å². The Bertz CT molecular complexity index is 857. The molecule has 28 heavy (non-hydrogen) atoms. The third-order valence-corrected chi connectivity index (χ3v) is 5.78. The maximum Gasteiger partial charge on any atom is 0.321 e. The number of hydrogen-bond acceptors (Lipinski definition) is 2. The number of nitrogens with zero attached hydrogens (tertiary/aromatic N) is 2. The maximum absolute atomic E-state index is 13.2. The summed E-state index contributed by atoms with van der Waals surface area (Å²) >= 11 is 0. The van der Waals surface area contributed by atoms with Crippen molar-refractivity contribution in [2.75, 3.05) is 29.9 Å². The summed E-state index contributed by atoms with van der Waals surface area (Å²) in [4.78, 5) is 29.4. The monoisotopic (exact) mass is 377 g/mol. The lowest BCUT2D eigenvalue weighted by Crippen LogP contribution is -2.46. The molecule has 1 fully saturated rings. The van der Waals surface area contributed by atoms with E-state index in [1.165, 1.54) is 11.1 Å². The lowest BCUT2D eigenvalue weighted by molar-refractivity contribution is -0.123. The zero-order valence-electron chi connectivity index (χ0n) is 16.4. The third-order valence-electron chi connectivity index (χ3n) is 5.78. The first-order valence-corrected chi connectivity index (χ1v) is 10.1. The number of likely N-dealkylation sites (tertiary alicyclic amines) is 1. The van der Waals surface area contributed by atoms with Crippen molar-refractivity contribution >= 4 is 23.3 Å². The van der Waals surface area contributed by atoms with E-state index in [0.29, 0.717) is 13.1 Å². The molecule has 4 rings (SSSR count). The number of benzene rings is 2. The number of urea groups is 1. The van der Waals surface area contributed by atoms with Crippen LogP contribution in [0.5, 0.6) is 0 Å². The maximum atomic E-state index is 13.2. The van der Waals surface area contributed by atoms with Crippen molar-refractivity contribution < 1.29 is 9.59 Å². The van der Waals surface area contributed by atoms with Crippen LogP contribution < -0.4 is 10.2 Å². The summed E-state index contributed by atoms with van der Waals surface area (Å²) in [5.74, 6) is 0.209. The molecule has 2 aliphatic rings. The highest BCUT2D eigenvalue weighted by atomic mass is 16.2. The second-order valence-electron chi connectivity index (χ2n) is 7.78. The standard InChI is InChI=1S/C23H27N3O2/c1-17-9-10-21-19(16-17)6-5-13-26(21)22(27)18-11-14-25(15-12-18)23(28)24-20-7-3-2-4-8-20/h2-4,7-10,16,18H,5-6,11-15H2,1H3,(H,24,28). The summed E-state index contributed by atoms with van der Waals surface area (Å²) in [6, 6.07) is 15.8. The van der Waals surface area contributed by atoms with E-state index in [2.05, 4.69) is 30.4 Å².